The van der Waals surface area contributed by atoms with Gasteiger partial charge in [-0.15, -0.1) is 0 Å². The largest absolute Gasteiger partial charge is 0.378 e. The van der Waals surface area contributed by atoms with E-state index in [0.29, 0.717) is 16.9 Å². The second-order valence-electron chi connectivity index (χ2n) is 8.97. The molecule has 0 spiro atoms. The Hall–Kier alpha value is -1.22. The van der Waals surface area contributed by atoms with Crippen molar-refractivity contribution in [2.75, 3.05) is 6.61 Å². The molecule has 6 atom stereocenters. The van der Waals surface area contributed by atoms with Crippen LogP contribution >= 0.6 is 0 Å². The van der Waals surface area contributed by atoms with Crippen molar-refractivity contribution in [2.45, 2.75) is 58.5 Å². The van der Waals surface area contributed by atoms with Crippen molar-refractivity contribution < 1.29 is 4.74 Å². The molecule has 1 aromatic heterocycles. The first-order valence-corrected chi connectivity index (χ1v) is 9.71. The lowest BCUT2D eigenvalue weighted by atomic mass is 9.48. The van der Waals surface area contributed by atoms with Crippen LogP contribution in [0.15, 0.2) is 24.7 Å². The average Bonchev–Trinajstić information content (AvgIpc) is 3.15. The normalized spacial score (nSPS) is 46.8. The molecule has 1 aromatic rings. The zero-order valence-corrected chi connectivity index (χ0v) is 14.9. The molecular weight excluding hydrogens is 296 g/mol. The number of allylic oxidation sites excluding steroid dienone is 2. The topological polar surface area (TPSA) is 35.0 Å². The Bertz CT molecular complexity index is 672. The molecule has 1 aliphatic heterocycles. The fourth-order valence-electron chi connectivity index (χ4n) is 6.86. The van der Waals surface area contributed by atoms with Gasteiger partial charge in [-0.05, 0) is 72.7 Å². The maximum Gasteiger partial charge on any atom is 0.0847 e. The smallest absolute Gasteiger partial charge is 0.0847 e. The van der Waals surface area contributed by atoms with E-state index in [1.165, 1.54) is 44.1 Å². The fraction of sp³-hybridized carbons (Fsp3) is 0.714. The minimum atomic E-state index is 0.292. The number of rotatable bonds is 1. The first-order chi connectivity index (χ1) is 11.6. The summed E-state index contributed by atoms with van der Waals surface area (Å²) in [6.07, 6.45) is 16.3. The third kappa shape index (κ3) is 1.88. The van der Waals surface area contributed by atoms with Crippen LogP contribution in [0, 0.1) is 28.6 Å². The van der Waals surface area contributed by atoms with E-state index in [-0.39, 0.29) is 0 Å². The van der Waals surface area contributed by atoms with E-state index in [2.05, 4.69) is 29.9 Å². The zero-order chi connectivity index (χ0) is 16.4. The summed E-state index contributed by atoms with van der Waals surface area (Å²) >= 11 is 0. The van der Waals surface area contributed by atoms with Gasteiger partial charge in [0.1, 0.15) is 0 Å². The van der Waals surface area contributed by atoms with E-state index in [9.17, 15) is 0 Å². The van der Waals surface area contributed by atoms with Gasteiger partial charge in [0.15, 0.2) is 0 Å². The molecule has 0 N–H and O–H groups in total. The Morgan fingerprint density at radius 2 is 2.00 bits per heavy atom. The lowest BCUT2D eigenvalue weighted by Crippen LogP contribution is -2.51. The van der Waals surface area contributed by atoms with Gasteiger partial charge in [-0.1, -0.05) is 19.9 Å². The summed E-state index contributed by atoms with van der Waals surface area (Å²) < 4.78 is 6.10. The SMILES string of the molecule is C[C@]12CCOC1CC[C@@H]1[C@@H]2CC[C@]2(C)C(c3cnccn3)=CC[C@@H]12. The summed E-state index contributed by atoms with van der Waals surface area (Å²) in [6, 6.07) is 0. The average molecular weight is 324 g/mol. The predicted molar refractivity (Wildman–Crippen MR) is 94.1 cm³/mol. The number of hydrogen-bond donors (Lipinski definition) is 0. The molecule has 0 aromatic carbocycles. The number of ether oxygens (including phenoxy) is 1. The summed E-state index contributed by atoms with van der Waals surface area (Å²) in [6.45, 7) is 6.01. The minimum absolute atomic E-state index is 0.292. The molecule has 3 fully saturated rings. The molecule has 3 aliphatic carbocycles. The van der Waals surface area contributed by atoms with Crippen molar-refractivity contribution >= 4 is 5.57 Å². The van der Waals surface area contributed by atoms with E-state index < -0.39 is 0 Å². The summed E-state index contributed by atoms with van der Waals surface area (Å²) in [5.74, 6) is 2.50. The van der Waals surface area contributed by atoms with Crippen LogP contribution in [0.5, 0.6) is 0 Å². The zero-order valence-electron chi connectivity index (χ0n) is 14.9. The molecule has 5 rings (SSSR count). The third-order valence-electron chi connectivity index (χ3n) is 8.16. The molecule has 1 saturated heterocycles. The van der Waals surface area contributed by atoms with E-state index >= 15 is 0 Å². The minimum Gasteiger partial charge on any atom is -0.378 e. The lowest BCUT2D eigenvalue weighted by Gasteiger charge is -2.56. The Morgan fingerprint density at radius 3 is 2.83 bits per heavy atom. The Morgan fingerprint density at radius 1 is 1.08 bits per heavy atom. The van der Waals surface area contributed by atoms with Crippen LogP contribution in [0.1, 0.15) is 58.1 Å². The first-order valence-electron chi connectivity index (χ1n) is 9.71. The second-order valence-corrected chi connectivity index (χ2v) is 8.97. The Balaban J connectivity index is 1.48. The second kappa shape index (κ2) is 5.14. The quantitative estimate of drug-likeness (QED) is 0.763. The molecular formula is C21H28N2O. The molecule has 2 heterocycles. The highest BCUT2D eigenvalue weighted by molar-refractivity contribution is 5.70. The Kier molecular flexibility index (Phi) is 3.23. The number of hydrogen-bond acceptors (Lipinski definition) is 3. The molecule has 128 valence electrons. The van der Waals surface area contributed by atoms with Crippen molar-refractivity contribution in [3.8, 4) is 0 Å². The van der Waals surface area contributed by atoms with Gasteiger partial charge in [0.25, 0.3) is 0 Å². The van der Waals surface area contributed by atoms with Crippen LogP contribution in [-0.2, 0) is 4.74 Å². The highest BCUT2D eigenvalue weighted by Gasteiger charge is 2.59. The standard InChI is InChI=1S/C21H28N2O/c1-20-8-7-16-14(3-6-19-21(16,2)9-12-24-19)15(20)4-5-17(20)18-13-22-10-11-23-18/h5,10-11,13-16,19H,3-4,6-9,12H2,1-2H3/t14-,15-,16-,19?,20-,21+/m0/s1. The summed E-state index contributed by atoms with van der Waals surface area (Å²) in [7, 11) is 0. The van der Waals surface area contributed by atoms with Crippen molar-refractivity contribution in [1.29, 1.82) is 0 Å². The molecule has 1 unspecified atom stereocenters. The molecule has 2 saturated carbocycles. The molecule has 3 heteroatoms. The molecule has 24 heavy (non-hydrogen) atoms. The third-order valence-corrected chi connectivity index (χ3v) is 8.16. The van der Waals surface area contributed by atoms with Crippen LogP contribution in [-0.4, -0.2) is 22.7 Å². The van der Waals surface area contributed by atoms with Gasteiger partial charge in [0.05, 0.1) is 18.0 Å². The van der Waals surface area contributed by atoms with Gasteiger partial charge >= 0.3 is 0 Å². The summed E-state index contributed by atoms with van der Waals surface area (Å²) in [4.78, 5) is 8.93. The number of nitrogens with zero attached hydrogens (tertiary/aromatic N) is 2. The number of fused-ring (bicyclic) bond motifs is 5. The van der Waals surface area contributed by atoms with Crippen molar-refractivity contribution in [3.63, 3.8) is 0 Å². The van der Waals surface area contributed by atoms with Gasteiger partial charge in [-0.2, -0.15) is 0 Å². The van der Waals surface area contributed by atoms with E-state index in [4.69, 9.17) is 4.74 Å². The van der Waals surface area contributed by atoms with Crippen LogP contribution in [0.2, 0.25) is 0 Å². The van der Waals surface area contributed by atoms with Gasteiger partial charge in [0, 0.05) is 19.0 Å². The highest BCUT2D eigenvalue weighted by Crippen LogP contribution is 2.66. The summed E-state index contributed by atoms with van der Waals surface area (Å²) in [5, 5.41) is 0. The lowest BCUT2D eigenvalue weighted by molar-refractivity contribution is -0.0890. The van der Waals surface area contributed by atoms with E-state index in [1.54, 1.807) is 6.20 Å². The van der Waals surface area contributed by atoms with Crippen molar-refractivity contribution in [2.24, 2.45) is 28.6 Å². The molecule has 3 nitrogen and oxygen atoms in total. The molecule has 0 radical (unpaired) electrons. The fourth-order valence-corrected chi connectivity index (χ4v) is 6.86. The van der Waals surface area contributed by atoms with Gasteiger partial charge in [0.2, 0.25) is 0 Å². The highest BCUT2D eigenvalue weighted by atomic mass is 16.5. The van der Waals surface area contributed by atoms with E-state index in [0.717, 1.165) is 30.1 Å². The van der Waals surface area contributed by atoms with Crippen molar-refractivity contribution in [3.05, 3.63) is 30.4 Å². The molecule has 0 bridgehead atoms. The predicted octanol–water partition coefficient (Wildman–Crippen LogP) is 4.50. The van der Waals surface area contributed by atoms with Crippen LogP contribution in [0.25, 0.3) is 5.57 Å². The number of aromatic nitrogens is 2. The molecule has 0 amide bonds. The monoisotopic (exact) mass is 324 g/mol. The molecule has 4 aliphatic rings. The Labute approximate surface area is 144 Å². The van der Waals surface area contributed by atoms with Gasteiger partial charge in [-0.25, -0.2) is 0 Å². The van der Waals surface area contributed by atoms with Gasteiger partial charge in [-0.3, -0.25) is 9.97 Å². The maximum atomic E-state index is 6.10. The van der Waals surface area contributed by atoms with Crippen LogP contribution in [0.4, 0.5) is 0 Å². The van der Waals surface area contributed by atoms with Crippen LogP contribution in [0.3, 0.4) is 0 Å². The summed E-state index contributed by atoms with van der Waals surface area (Å²) in [5.41, 5.74) is 3.29. The maximum absolute atomic E-state index is 6.10. The van der Waals surface area contributed by atoms with Gasteiger partial charge < -0.3 is 4.74 Å². The van der Waals surface area contributed by atoms with Crippen LogP contribution < -0.4 is 0 Å². The van der Waals surface area contributed by atoms with E-state index in [1.807, 2.05) is 12.4 Å². The first kappa shape index (κ1) is 15.1. The van der Waals surface area contributed by atoms with Crippen molar-refractivity contribution in [1.82, 2.24) is 9.97 Å².